The number of thiophene rings is 2. The zero-order valence-corrected chi connectivity index (χ0v) is 13.9. The van der Waals surface area contributed by atoms with E-state index in [1.807, 2.05) is 7.05 Å². The molecule has 120 valence electrons. The van der Waals surface area contributed by atoms with Gasteiger partial charge in [-0.05, 0) is 18.6 Å². The lowest BCUT2D eigenvalue weighted by atomic mass is 10.3. The zero-order chi connectivity index (χ0) is 16.4. The van der Waals surface area contributed by atoms with Gasteiger partial charge in [-0.3, -0.25) is 9.48 Å². The minimum atomic E-state index is -0.937. The number of amides is 1. The average Bonchev–Trinajstić information content (AvgIpc) is 3.17. The van der Waals surface area contributed by atoms with E-state index in [0.717, 1.165) is 21.6 Å². The van der Waals surface area contributed by atoms with Crippen LogP contribution in [-0.4, -0.2) is 38.3 Å². The van der Waals surface area contributed by atoms with E-state index in [4.69, 9.17) is 5.11 Å². The first-order valence-electron chi connectivity index (χ1n) is 6.92. The Bertz CT molecular complexity index is 833. The summed E-state index contributed by atoms with van der Waals surface area (Å²) in [5, 5.41) is 16.8. The summed E-state index contributed by atoms with van der Waals surface area (Å²) in [7, 11) is 1.82. The molecule has 0 bridgehead atoms. The molecule has 2 N–H and O–H groups in total. The fourth-order valence-electron chi connectivity index (χ4n) is 2.09. The molecule has 0 fully saturated rings. The zero-order valence-electron chi connectivity index (χ0n) is 12.3. The number of carbonyl (C=O) groups excluding carboxylic acids is 1. The second-order valence-corrected chi connectivity index (χ2v) is 7.33. The summed E-state index contributed by atoms with van der Waals surface area (Å²) < 4.78 is 2.50. The molecular formula is C14H14N4O3S2. The number of nitrogens with one attached hydrogen (secondary N) is 1. The van der Waals surface area contributed by atoms with Gasteiger partial charge in [0.25, 0.3) is 5.91 Å². The van der Waals surface area contributed by atoms with E-state index in [1.165, 1.54) is 22.7 Å². The first kappa shape index (κ1) is 15.6. The lowest BCUT2D eigenvalue weighted by molar-refractivity contribution is 0.0702. The molecule has 0 aliphatic rings. The van der Waals surface area contributed by atoms with E-state index in [1.54, 1.807) is 23.1 Å². The van der Waals surface area contributed by atoms with Crippen molar-refractivity contribution in [2.75, 3.05) is 6.54 Å². The van der Waals surface area contributed by atoms with E-state index >= 15 is 0 Å². The molecule has 0 saturated carbocycles. The van der Waals surface area contributed by atoms with E-state index in [0.29, 0.717) is 22.7 Å². The molecule has 0 spiro atoms. The van der Waals surface area contributed by atoms with Gasteiger partial charge in [0.05, 0.1) is 8.89 Å². The molecule has 0 saturated heterocycles. The lowest BCUT2D eigenvalue weighted by Gasteiger charge is -2.01. The molecule has 3 heterocycles. The third-order valence-electron chi connectivity index (χ3n) is 3.16. The summed E-state index contributed by atoms with van der Waals surface area (Å²) in [6, 6.07) is 3.33. The smallest absolute Gasteiger partial charge is 0.345 e. The van der Waals surface area contributed by atoms with Gasteiger partial charge < -0.3 is 10.4 Å². The molecule has 3 aromatic rings. The van der Waals surface area contributed by atoms with Crippen LogP contribution in [0.15, 0.2) is 18.5 Å². The summed E-state index contributed by atoms with van der Waals surface area (Å²) >= 11 is 2.51. The van der Waals surface area contributed by atoms with Crippen LogP contribution in [0.4, 0.5) is 0 Å². The number of aromatic nitrogens is 3. The van der Waals surface area contributed by atoms with Crippen molar-refractivity contribution < 1.29 is 14.7 Å². The van der Waals surface area contributed by atoms with Crippen molar-refractivity contribution in [3.8, 4) is 0 Å². The summed E-state index contributed by atoms with van der Waals surface area (Å²) in [5.74, 6) is -0.309. The number of aryl methyl sites for hydroxylation is 2. The number of fused-ring (bicyclic) bond motifs is 1. The summed E-state index contributed by atoms with van der Waals surface area (Å²) in [6.07, 6.45) is 3.12. The highest BCUT2D eigenvalue weighted by molar-refractivity contribution is 7.39. The summed E-state index contributed by atoms with van der Waals surface area (Å²) in [4.78, 5) is 28.0. The van der Waals surface area contributed by atoms with Crippen LogP contribution in [-0.2, 0) is 13.5 Å². The molecule has 9 heteroatoms. The van der Waals surface area contributed by atoms with Gasteiger partial charge in [-0.1, -0.05) is 0 Å². The van der Waals surface area contributed by atoms with Crippen molar-refractivity contribution in [1.82, 2.24) is 20.1 Å². The lowest BCUT2D eigenvalue weighted by Crippen LogP contribution is -2.23. The molecule has 3 aromatic heterocycles. The quantitative estimate of drug-likeness (QED) is 0.664. The van der Waals surface area contributed by atoms with Gasteiger partial charge in [0.1, 0.15) is 11.2 Å². The monoisotopic (exact) mass is 350 g/mol. The Morgan fingerprint density at radius 3 is 2.70 bits per heavy atom. The highest BCUT2D eigenvalue weighted by Gasteiger charge is 2.15. The number of hydrogen-bond acceptors (Lipinski definition) is 6. The number of rotatable bonds is 6. The molecule has 0 atom stereocenters. The van der Waals surface area contributed by atoms with E-state index in [9.17, 15) is 9.59 Å². The van der Waals surface area contributed by atoms with Crippen LogP contribution in [0.1, 0.15) is 31.6 Å². The maximum atomic E-state index is 12.1. The topological polar surface area (TPSA) is 97.1 Å². The maximum Gasteiger partial charge on any atom is 0.345 e. The Morgan fingerprint density at radius 1 is 1.30 bits per heavy atom. The van der Waals surface area contributed by atoms with Gasteiger partial charge in [-0.2, -0.15) is 5.10 Å². The minimum absolute atomic E-state index is 0.135. The second kappa shape index (κ2) is 6.47. The Labute approximate surface area is 139 Å². The molecule has 3 rings (SSSR count). The fourth-order valence-corrected chi connectivity index (χ4v) is 4.29. The fraction of sp³-hybridized carbons (Fsp3) is 0.286. The summed E-state index contributed by atoms with van der Waals surface area (Å²) in [6.45, 7) is 0.545. The van der Waals surface area contributed by atoms with Crippen LogP contribution < -0.4 is 5.32 Å². The molecule has 1 amide bonds. The normalized spacial score (nSPS) is 11.0. The molecule has 0 aromatic carbocycles. The van der Waals surface area contributed by atoms with Crippen LogP contribution in [0.2, 0.25) is 0 Å². The standard InChI is InChI=1S/C14H14N4O3S2/c1-18-7-16-11(17-18)3-2-4-15-12(19)9-5-8-6-10(13(20)21)23-14(8)22-9/h5-7H,2-4H2,1H3,(H,15,19)(H,20,21). The first-order valence-corrected chi connectivity index (χ1v) is 8.55. The van der Waals surface area contributed by atoms with E-state index in [-0.39, 0.29) is 5.91 Å². The highest BCUT2D eigenvalue weighted by Crippen LogP contribution is 2.33. The minimum Gasteiger partial charge on any atom is -0.477 e. The van der Waals surface area contributed by atoms with Crippen LogP contribution in [0.5, 0.6) is 0 Å². The number of aromatic carboxylic acids is 1. The van der Waals surface area contributed by atoms with Crippen molar-refractivity contribution in [1.29, 1.82) is 0 Å². The van der Waals surface area contributed by atoms with E-state index < -0.39 is 5.97 Å². The Kier molecular flexibility index (Phi) is 4.39. The van der Waals surface area contributed by atoms with Crippen LogP contribution in [0.3, 0.4) is 0 Å². The molecule has 0 aliphatic carbocycles. The van der Waals surface area contributed by atoms with Crippen molar-refractivity contribution in [3.63, 3.8) is 0 Å². The Morgan fingerprint density at radius 2 is 2.04 bits per heavy atom. The first-order chi connectivity index (χ1) is 11.0. The van der Waals surface area contributed by atoms with Crippen molar-refractivity contribution >= 4 is 43.9 Å². The Hall–Kier alpha value is -2.26. The summed E-state index contributed by atoms with van der Waals surface area (Å²) in [5.41, 5.74) is 0. The van der Waals surface area contributed by atoms with Crippen LogP contribution >= 0.6 is 22.7 Å². The predicted molar refractivity (Wildman–Crippen MR) is 88.3 cm³/mol. The van der Waals surface area contributed by atoms with Crippen LogP contribution in [0.25, 0.3) is 9.40 Å². The number of carboxylic acid groups (broad SMARTS) is 1. The molecular weight excluding hydrogens is 336 g/mol. The SMILES string of the molecule is Cn1cnc(CCCNC(=O)c2cc3cc(C(=O)O)sc3s2)n1. The largest absolute Gasteiger partial charge is 0.477 e. The van der Waals surface area contributed by atoms with Gasteiger partial charge in [-0.25, -0.2) is 9.78 Å². The van der Waals surface area contributed by atoms with Crippen molar-refractivity contribution in [3.05, 3.63) is 34.0 Å². The third-order valence-corrected chi connectivity index (χ3v) is 5.54. The molecule has 0 aliphatic heterocycles. The second-order valence-electron chi connectivity index (χ2n) is 4.96. The number of hydrogen-bond donors (Lipinski definition) is 2. The van der Waals surface area contributed by atoms with E-state index in [2.05, 4.69) is 15.4 Å². The number of nitrogens with zero attached hydrogens (tertiary/aromatic N) is 3. The maximum absolute atomic E-state index is 12.1. The average molecular weight is 350 g/mol. The molecule has 0 unspecified atom stereocenters. The van der Waals surface area contributed by atoms with Gasteiger partial charge in [0.15, 0.2) is 5.82 Å². The predicted octanol–water partition coefficient (Wildman–Crippen LogP) is 2.15. The van der Waals surface area contributed by atoms with Crippen molar-refractivity contribution in [2.45, 2.75) is 12.8 Å². The van der Waals surface area contributed by atoms with Gasteiger partial charge >= 0.3 is 5.97 Å². The van der Waals surface area contributed by atoms with Gasteiger partial charge in [0, 0.05) is 25.4 Å². The van der Waals surface area contributed by atoms with Crippen molar-refractivity contribution in [2.24, 2.45) is 7.05 Å². The third kappa shape index (κ3) is 3.57. The number of carbonyl (C=O) groups is 2. The molecule has 23 heavy (non-hydrogen) atoms. The Balaban J connectivity index is 1.53. The van der Waals surface area contributed by atoms with Crippen LogP contribution in [0, 0.1) is 0 Å². The van der Waals surface area contributed by atoms with Gasteiger partial charge in [0.2, 0.25) is 0 Å². The molecule has 7 nitrogen and oxygen atoms in total. The highest BCUT2D eigenvalue weighted by atomic mass is 32.2. The molecule has 0 radical (unpaired) electrons. The van der Waals surface area contributed by atoms with Gasteiger partial charge in [-0.15, -0.1) is 22.7 Å². The number of carboxylic acids is 1.